The number of aromatic nitrogens is 1. The smallest absolute Gasteiger partial charge is 0.365 e. The van der Waals surface area contributed by atoms with Crippen LogP contribution in [0, 0.1) is 0 Å². The number of carbonyl (C=O) groups excluding carboxylic acids is 1. The van der Waals surface area contributed by atoms with E-state index in [4.69, 9.17) is 20.9 Å². The first-order valence-corrected chi connectivity index (χ1v) is 6.96. The van der Waals surface area contributed by atoms with Gasteiger partial charge < -0.3 is 9.26 Å². The molecule has 0 saturated carbocycles. The molecule has 3 rings (SSSR count). The Morgan fingerprint density at radius 3 is 2.75 bits per heavy atom. The quantitative estimate of drug-likeness (QED) is 0.535. The summed E-state index contributed by atoms with van der Waals surface area (Å²) < 4.78 is 10.3. The van der Waals surface area contributed by atoms with Gasteiger partial charge in [-0.3, -0.25) is 0 Å². The first kappa shape index (κ1) is 12.9. The maximum atomic E-state index is 11.9. The van der Waals surface area contributed by atoms with Crippen LogP contribution in [-0.4, -0.2) is 11.1 Å². The lowest BCUT2D eigenvalue weighted by atomic mass is 10.3. The minimum absolute atomic E-state index is 0.128. The number of hydrogen-bond acceptors (Lipinski definition) is 5. The van der Waals surface area contributed by atoms with Crippen molar-refractivity contribution in [1.82, 2.24) is 5.16 Å². The molecule has 100 valence electrons. The largest absolute Gasteiger partial charge is 0.422 e. The molecule has 6 heteroatoms. The summed E-state index contributed by atoms with van der Waals surface area (Å²) in [6.07, 6.45) is 0. The van der Waals surface area contributed by atoms with Crippen LogP contribution in [0.15, 0.2) is 52.4 Å². The Labute approximate surface area is 123 Å². The van der Waals surface area contributed by atoms with Gasteiger partial charge in [-0.15, -0.1) is 11.3 Å². The van der Waals surface area contributed by atoms with Crippen molar-refractivity contribution in [3.8, 4) is 16.4 Å². The van der Waals surface area contributed by atoms with Gasteiger partial charge in [-0.25, -0.2) is 4.79 Å². The molecule has 0 spiro atoms. The molecule has 0 aliphatic heterocycles. The molecule has 0 aliphatic rings. The van der Waals surface area contributed by atoms with Gasteiger partial charge in [0.25, 0.3) is 0 Å². The Hall–Kier alpha value is -2.11. The number of benzene rings is 1. The zero-order chi connectivity index (χ0) is 13.9. The first-order valence-electron chi connectivity index (χ1n) is 5.71. The molecule has 4 nitrogen and oxygen atoms in total. The summed E-state index contributed by atoms with van der Waals surface area (Å²) in [5, 5.41) is 6.21. The van der Waals surface area contributed by atoms with Gasteiger partial charge in [0.1, 0.15) is 5.75 Å². The summed E-state index contributed by atoms with van der Waals surface area (Å²) >= 11 is 7.27. The summed E-state index contributed by atoms with van der Waals surface area (Å²) in [6.45, 7) is 0. The van der Waals surface area contributed by atoms with E-state index in [1.54, 1.807) is 30.3 Å². The monoisotopic (exact) mass is 305 g/mol. The van der Waals surface area contributed by atoms with Crippen molar-refractivity contribution in [2.24, 2.45) is 0 Å². The van der Waals surface area contributed by atoms with Gasteiger partial charge in [-0.05, 0) is 35.7 Å². The number of esters is 1. The molecule has 0 fully saturated rings. The van der Waals surface area contributed by atoms with Crippen molar-refractivity contribution in [2.75, 3.05) is 0 Å². The fourth-order valence-electron chi connectivity index (χ4n) is 1.57. The van der Waals surface area contributed by atoms with Crippen LogP contribution < -0.4 is 4.74 Å². The highest BCUT2D eigenvalue weighted by molar-refractivity contribution is 7.13. The highest BCUT2D eigenvalue weighted by Gasteiger charge is 2.16. The standard InChI is InChI=1S/C14H8ClNO3S/c15-9-3-5-10(6-4-9)18-14(17)11-8-12(19-16-11)13-2-1-7-20-13/h1-8H. The molecule has 20 heavy (non-hydrogen) atoms. The van der Waals surface area contributed by atoms with E-state index < -0.39 is 5.97 Å². The number of nitrogens with zero attached hydrogens (tertiary/aromatic N) is 1. The average Bonchev–Trinajstić information content (AvgIpc) is 3.11. The van der Waals surface area contributed by atoms with E-state index in [2.05, 4.69) is 5.16 Å². The minimum Gasteiger partial charge on any atom is -0.422 e. The lowest BCUT2D eigenvalue weighted by Gasteiger charge is -2.00. The molecule has 2 heterocycles. The van der Waals surface area contributed by atoms with Gasteiger partial charge in [0.05, 0.1) is 4.88 Å². The third-order valence-corrected chi connectivity index (χ3v) is 3.64. The normalized spacial score (nSPS) is 10.4. The second-order valence-electron chi connectivity index (χ2n) is 3.90. The van der Waals surface area contributed by atoms with E-state index in [0.29, 0.717) is 16.5 Å². The van der Waals surface area contributed by atoms with Gasteiger partial charge in [0.2, 0.25) is 0 Å². The van der Waals surface area contributed by atoms with Crippen LogP contribution in [0.25, 0.3) is 10.6 Å². The molecular weight excluding hydrogens is 298 g/mol. The molecule has 0 N–H and O–H groups in total. The maximum Gasteiger partial charge on any atom is 0.365 e. The molecule has 0 atom stereocenters. The molecule has 3 aromatic rings. The number of carbonyl (C=O) groups is 1. The molecule has 0 amide bonds. The van der Waals surface area contributed by atoms with Crippen LogP contribution in [-0.2, 0) is 0 Å². The number of ether oxygens (including phenoxy) is 1. The summed E-state index contributed by atoms with van der Waals surface area (Å²) in [4.78, 5) is 12.8. The lowest BCUT2D eigenvalue weighted by Crippen LogP contribution is -2.08. The van der Waals surface area contributed by atoms with Gasteiger partial charge in [0.15, 0.2) is 11.5 Å². The highest BCUT2D eigenvalue weighted by Crippen LogP contribution is 2.25. The average molecular weight is 306 g/mol. The number of thiophene rings is 1. The Balaban J connectivity index is 1.76. The van der Waals surface area contributed by atoms with Crippen molar-refractivity contribution in [3.63, 3.8) is 0 Å². The Morgan fingerprint density at radius 2 is 2.05 bits per heavy atom. The van der Waals surface area contributed by atoms with Crippen LogP contribution in [0.2, 0.25) is 5.02 Å². The molecule has 0 aliphatic carbocycles. The van der Waals surface area contributed by atoms with Crippen LogP contribution in [0.1, 0.15) is 10.5 Å². The first-order chi connectivity index (χ1) is 9.72. The maximum absolute atomic E-state index is 11.9. The van der Waals surface area contributed by atoms with E-state index in [1.165, 1.54) is 11.3 Å². The molecule has 1 aromatic carbocycles. The summed E-state index contributed by atoms with van der Waals surface area (Å²) in [5.41, 5.74) is 0.128. The third-order valence-electron chi connectivity index (χ3n) is 2.51. The fraction of sp³-hybridized carbons (Fsp3) is 0. The highest BCUT2D eigenvalue weighted by atomic mass is 35.5. The molecule has 0 radical (unpaired) electrons. The van der Waals surface area contributed by atoms with E-state index in [1.807, 2.05) is 17.5 Å². The van der Waals surface area contributed by atoms with Gasteiger partial charge in [-0.1, -0.05) is 22.8 Å². The van der Waals surface area contributed by atoms with Crippen LogP contribution in [0.5, 0.6) is 5.75 Å². The number of hydrogen-bond donors (Lipinski definition) is 0. The second-order valence-corrected chi connectivity index (χ2v) is 5.28. The summed E-state index contributed by atoms with van der Waals surface area (Å²) in [5.74, 6) is 0.377. The molecule has 0 unspecified atom stereocenters. The zero-order valence-electron chi connectivity index (χ0n) is 10.1. The molecule has 0 saturated heterocycles. The van der Waals surface area contributed by atoms with Crippen molar-refractivity contribution >= 4 is 28.9 Å². The Bertz CT molecular complexity index is 719. The van der Waals surface area contributed by atoms with E-state index in [9.17, 15) is 4.79 Å². The molecular formula is C14H8ClNO3S. The van der Waals surface area contributed by atoms with Crippen LogP contribution in [0.3, 0.4) is 0 Å². The lowest BCUT2D eigenvalue weighted by molar-refractivity contribution is 0.0724. The third kappa shape index (κ3) is 2.74. The zero-order valence-corrected chi connectivity index (χ0v) is 11.6. The number of rotatable bonds is 3. The van der Waals surface area contributed by atoms with Crippen LogP contribution >= 0.6 is 22.9 Å². The van der Waals surface area contributed by atoms with Gasteiger partial charge in [0, 0.05) is 11.1 Å². The predicted octanol–water partition coefficient (Wildman–Crippen LogP) is 4.28. The van der Waals surface area contributed by atoms with Gasteiger partial charge in [-0.2, -0.15) is 0 Å². The van der Waals surface area contributed by atoms with Crippen LogP contribution in [0.4, 0.5) is 0 Å². The Kier molecular flexibility index (Phi) is 3.54. The van der Waals surface area contributed by atoms with E-state index >= 15 is 0 Å². The second kappa shape index (κ2) is 5.48. The van der Waals surface area contributed by atoms with Crippen molar-refractivity contribution in [3.05, 3.63) is 58.6 Å². The van der Waals surface area contributed by atoms with Crippen molar-refractivity contribution in [1.29, 1.82) is 0 Å². The Morgan fingerprint density at radius 1 is 1.25 bits per heavy atom. The van der Waals surface area contributed by atoms with E-state index in [-0.39, 0.29) is 5.69 Å². The summed E-state index contributed by atoms with van der Waals surface area (Å²) in [6, 6.07) is 11.9. The van der Waals surface area contributed by atoms with Gasteiger partial charge >= 0.3 is 5.97 Å². The van der Waals surface area contributed by atoms with Crippen molar-refractivity contribution in [2.45, 2.75) is 0 Å². The predicted molar refractivity (Wildman–Crippen MR) is 76.2 cm³/mol. The van der Waals surface area contributed by atoms with E-state index in [0.717, 1.165) is 4.88 Å². The fourth-order valence-corrected chi connectivity index (χ4v) is 2.37. The summed E-state index contributed by atoms with van der Waals surface area (Å²) in [7, 11) is 0. The molecule has 2 aromatic heterocycles. The van der Waals surface area contributed by atoms with Crippen molar-refractivity contribution < 1.29 is 14.1 Å². The number of halogens is 1. The minimum atomic E-state index is -0.570. The SMILES string of the molecule is O=C(Oc1ccc(Cl)cc1)c1cc(-c2cccs2)on1. The topological polar surface area (TPSA) is 52.3 Å². The molecule has 0 bridgehead atoms.